The van der Waals surface area contributed by atoms with E-state index in [1.54, 1.807) is 6.20 Å². The summed E-state index contributed by atoms with van der Waals surface area (Å²) in [5.41, 5.74) is 5.08. The third-order valence-corrected chi connectivity index (χ3v) is 5.43. The third kappa shape index (κ3) is 4.33. The number of hydrogen-bond donors (Lipinski definition) is 1. The number of benzene rings is 2. The van der Waals surface area contributed by atoms with Gasteiger partial charge in [0, 0.05) is 18.4 Å². The normalized spacial score (nSPS) is 14.3. The van der Waals surface area contributed by atoms with Gasteiger partial charge in [0.25, 0.3) is 0 Å². The number of carbonyl (C=O) groups excluding carboxylic acids is 1. The highest BCUT2D eigenvalue weighted by Crippen LogP contribution is 2.25. The molecule has 0 spiro atoms. The van der Waals surface area contributed by atoms with Gasteiger partial charge in [0.1, 0.15) is 0 Å². The van der Waals surface area contributed by atoms with Crippen LogP contribution in [0.3, 0.4) is 0 Å². The molecule has 0 fully saturated rings. The van der Waals surface area contributed by atoms with Gasteiger partial charge in [-0.25, -0.2) is 4.98 Å². The van der Waals surface area contributed by atoms with Gasteiger partial charge in [-0.3, -0.25) is 4.79 Å². The zero-order valence-electron chi connectivity index (χ0n) is 16.3. The second-order valence-corrected chi connectivity index (χ2v) is 7.51. The molecule has 1 unspecified atom stereocenters. The molecule has 1 atom stereocenters. The summed E-state index contributed by atoms with van der Waals surface area (Å²) in [4.78, 5) is 16.7. The van der Waals surface area contributed by atoms with E-state index in [9.17, 15) is 4.79 Å². The molecule has 4 heteroatoms. The molecule has 1 heterocycles. The molecule has 28 heavy (non-hydrogen) atoms. The van der Waals surface area contributed by atoms with Crippen molar-refractivity contribution in [3.8, 4) is 11.3 Å². The molecule has 4 rings (SSSR count). The van der Waals surface area contributed by atoms with Crippen LogP contribution in [-0.4, -0.2) is 10.9 Å². The lowest BCUT2D eigenvalue weighted by atomic mass is 9.89. The first-order valence-corrected chi connectivity index (χ1v) is 10.1. The van der Waals surface area contributed by atoms with Crippen LogP contribution in [0.15, 0.2) is 59.1 Å². The number of nitrogens with zero attached hydrogens (tertiary/aromatic N) is 1. The molecule has 1 aliphatic carbocycles. The van der Waals surface area contributed by atoms with Crippen LogP contribution in [0.25, 0.3) is 11.3 Å². The molecule has 3 aromatic rings. The second kappa shape index (κ2) is 8.42. The number of nitrogens with one attached hydrogen (secondary N) is 1. The van der Waals surface area contributed by atoms with E-state index in [2.05, 4.69) is 28.5 Å². The van der Waals surface area contributed by atoms with Crippen molar-refractivity contribution in [1.29, 1.82) is 0 Å². The lowest BCUT2D eigenvalue weighted by Gasteiger charge is -2.20. The van der Waals surface area contributed by atoms with E-state index in [0.717, 1.165) is 17.7 Å². The van der Waals surface area contributed by atoms with Gasteiger partial charge in [-0.05, 0) is 49.3 Å². The molecular formula is C24H26N2O2. The zero-order valence-corrected chi connectivity index (χ0v) is 16.3. The van der Waals surface area contributed by atoms with Crippen LogP contribution in [-0.2, 0) is 24.1 Å². The first-order valence-electron chi connectivity index (χ1n) is 10.1. The van der Waals surface area contributed by atoms with Crippen molar-refractivity contribution in [2.75, 3.05) is 0 Å². The summed E-state index contributed by atoms with van der Waals surface area (Å²) in [6, 6.07) is 16.5. The lowest BCUT2D eigenvalue weighted by Crippen LogP contribution is -2.27. The molecular weight excluding hydrogens is 348 g/mol. The molecule has 4 nitrogen and oxygen atoms in total. The van der Waals surface area contributed by atoms with Crippen molar-refractivity contribution >= 4 is 5.91 Å². The van der Waals surface area contributed by atoms with Crippen molar-refractivity contribution in [2.45, 2.75) is 51.5 Å². The minimum Gasteiger partial charge on any atom is -0.441 e. The first-order chi connectivity index (χ1) is 13.7. The fourth-order valence-corrected chi connectivity index (χ4v) is 3.80. The summed E-state index contributed by atoms with van der Waals surface area (Å²) >= 11 is 0. The Morgan fingerprint density at radius 2 is 1.89 bits per heavy atom. The summed E-state index contributed by atoms with van der Waals surface area (Å²) in [6.07, 6.45) is 7.46. The molecule has 1 aromatic heterocycles. The molecule has 0 saturated heterocycles. The summed E-state index contributed by atoms with van der Waals surface area (Å²) in [5, 5.41) is 3.10. The largest absolute Gasteiger partial charge is 0.441 e. The van der Waals surface area contributed by atoms with Crippen LogP contribution in [0.1, 0.15) is 54.8 Å². The van der Waals surface area contributed by atoms with E-state index in [1.807, 2.05) is 37.3 Å². The van der Waals surface area contributed by atoms with Crippen molar-refractivity contribution in [3.63, 3.8) is 0 Å². The van der Waals surface area contributed by atoms with Gasteiger partial charge in [0.05, 0.1) is 12.2 Å². The minimum atomic E-state index is 0.00386. The number of fused-ring (bicyclic) bond motifs is 1. The minimum absolute atomic E-state index is 0.00386. The average molecular weight is 374 g/mol. The third-order valence-electron chi connectivity index (χ3n) is 5.43. The first kappa shape index (κ1) is 18.5. The Morgan fingerprint density at radius 1 is 1.11 bits per heavy atom. The quantitative estimate of drug-likeness (QED) is 0.658. The van der Waals surface area contributed by atoms with Gasteiger partial charge in [0.15, 0.2) is 11.7 Å². The predicted molar refractivity (Wildman–Crippen MR) is 110 cm³/mol. The van der Waals surface area contributed by atoms with Gasteiger partial charge in [-0.15, -0.1) is 0 Å². The maximum Gasteiger partial charge on any atom is 0.220 e. The van der Waals surface area contributed by atoms with E-state index < -0.39 is 0 Å². The molecule has 0 saturated carbocycles. The predicted octanol–water partition coefficient (Wildman–Crippen LogP) is 5.03. The van der Waals surface area contributed by atoms with Gasteiger partial charge in [0.2, 0.25) is 5.91 Å². The molecule has 1 N–H and O–H groups in total. The fourth-order valence-electron chi connectivity index (χ4n) is 3.80. The molecule has 2 aromatic carbocycles. The number of aryl methyl sites for hydroxylation is 3. The average Bonchev–Trinajstić information content (AvgIpc) is 3.22. The van der Waals surface area contributed by atoms with E-state index in [0.29, 0.717) is 18.7 Å². The van der Waals surface area contributed by atoms with E-state index in [1.165, 1.54) is 36.0 Å². The summed E-state index contributed by atoms with van der Waals surface area (Å²) in [7, 11) is 0. The van der Waals surface area contributed by atoms with Gasteiger partial charge in [-0.2, -0.15) is 0 Å². The summed E-state index contributed by atoms with van der Waals surface area (Å²) in [6.45, 7) is 2.04. The van der Waals surface area contributed by atoms with E-state index in [4.69, 9.17) is 4.42 Å². The highest BCUT2D eigenvalue weighted by Gasteiger charge is 2.15. The highest BCUT2D eigenvalue weighted by molar-refractivity contribution is 5.76. The number of carbonyl (C=O) groups is 1. The maximum atomic E-state index is 12.4. The second-order valence-electron chi connectivity index (χ2n) is 7.51. The zero-order chi connectivity index (χ0) is 19.3. The van der Waals surface area contributed by atoms with Crippen molar-refractivity contribution < 1.29 is 9.21 Å². The topological polar surface area (TPSA) is 55.1 Å². The van der Waals surface area contributed by atoms with Crippen LogP contribution < -0.4 is 5.32 Å². The van der Waals surface area contributed by atoms with Crippen LogP contribution in [0.5, 0.6) is 0 Å². The monoisotopic (exact) mass is 374 g/mol. The Labute approximate surface area is 166 Å². The molecule has 0 bridgehead atoms. The van der Waals surface area contributed by atoms with Crippen molar-refractivity contribution in [2.24, 2.45) is 0 Å². The van der Waals surface area contributed by atoms with Crippen LogP contribution in [0, 0.1) is 0 Å². The molecule has 1 amide bonds. The molecule has 1 aliphatic rings. The molecule has 0 aliphatic heterocycles. The van der Waals surface area contributed by atoms with Crippen LogP contribution >= 0.6 is 0 Å². The summed E-state index contributed by atoms with van der Waals surface area (Å²) < 4.78 is 5.78. The maximum absolute atomic E-state index is 12.4. The fraction of sp³-hybridized carbons (Fsp3) is 0.333. The van der Waals surface area contributed by atoms with Crippen LogP contribution in [0.4, 0.5) is 0 Å². The molecule has 144 valence electrons. The van der Waals surface area contributed by atoms with E-state index >= 15 is 0 Å². The lowest BCUT2D eigenvalue weighted by molar-refractivity contribution is -0.121. The smallest absolute Gasteiger partial charge is 0.220 e. The van der Waals surface area contributed by atoms with Gasteiger partial charge >= 0.3 is 0 Å². The van der Waals surface area contributed by atoms with Gasteiger partial charge in [-0.1, -0.05) is 48.5 Å². The van der Waals surface area contributed by atoms with Crippen molar-refractivity contribution in [1.82, 2.24) is 10.3 Å². The summed E-state index contributed by atoms with van der Waals surface area (Å²) in [5.74, 6) is 1.35. The highest BCUT2D eigenvalue weighted by atomic mass is 16.4. The number of oxazole rings is 1. The standard InChI is InChI=1S/C24H26N2O2/c1-17(20-12-11-18-7-5-6-10-21(18)15-20)26-23(27)13-14-24-25-16-22(28-24)19-8-3-2-4-9-19/h2-4,8-9,11-12,15-17H,5-7,10,13-14H2,1H3,(H,26,27). The SMILES string of the molecule is CC(NC(=O)CCc1ncc(-c2ccccc2)o1)c1ccc2c(c1)CCCC2. The van der Waals surface area contributed by atoms with Crippen LogP contribution in [0.2, 0.25) is 0 Å². The Morgan fingerprint density at radius 3 is 2.71 bits per heavy atom. The molecule has 0 radical (unpaired) electrons. The Hall–Kier alpha value is -2.88. The van der Waals surface area contributed by atoms with Gasteiger partial charge < -0.3 is 9.73 Å². The van der Waals surface area contributed by atoms with Crippen molar-refractivity contribution in [3.05, 3.63) is 77.3 Å². The number of amides is 1. The Balaban J connectivity index is 1.31. The Bertz CT molecular complexity index is 946. The Kier molecular flexibility index (Phi) is 5.56. The number of hydrogen-bond acceptors (Lipinski definition) is 3. The van der Waals surface area contributed by atoms with E-state index in [-0.39, 0.29) is 11.9 Å². The number of aromatic nitrogens is 1. The number of rotatable bonds is 6.